The Morgan fingerprint density at radius 2 is 1.97 bits per heavy atom. The number of rotatable bonds is 12. The summed E-state index contributed by atoms with van der Waals surface area (Å²) in [7, 11) is 1.48. The maximum absolute atomic E-state index is 12.8. The van der Waals surface area contributed by atoms with Crippen molar-refractivity contribution < 1.29 is 43.5 Å². The second-order valence-electron chi connectivity index (χ2n) is 7.22. The summed E-state index contributed by atoms with van der Waals surface area (Å²) in [5.74, 6) is 0.478. The van der Waals surface area contributed by atoms with Gasteiger partial charge in [0.25, 0.3) is 0 Å². The Bertz CT molecular complexity index is 1010. The molecule has 0 aliphatic carbocycles. The smallest absolute Gasteiger partial charge is 0.412 e. The second kappa shape index (κ2) is 12.5. The topological polar surface area (TPSA) is 133 Å². The van der Waals surface area contributed by atoms with Crippen LogP contribution in [-0.2, 0) is 14.3 Å². The van der Waals surface area contributed by atoms with Crippen LogP contribution in [0.2, 0.25) is 0 Å². The number of fused-ring (bicyclic) bond motifs is 1. The van der Waals surface area contributed by atoms with Gasteiger partial charge in [0, 0.05) is 30.5 Å². The van der Waals surface area contributed by atoms with Crippen molar-refractivity contribution in [2.24, 2.45) is 0 Å². The number of benzene rings is 2. The van der Waals surface area contributed by atoms with Crippen LogP contribution in [0.3, 0.4) is 0 Å². The van der Waals surface area contributed by atoms with Crippen molar-refractivity contribution in [1.29, 1.82) is 0 Å². The van der Waals surface area contributed by atoms with Crippen LogP contribution < -0.4 is 19.5 Å². The first-order chi connectivity index (χ1) is 16.5. The van der Waals surface area contributed by atoms with Crippen LogP contribution in [0.15, 0.2) is 54.6 Å². The van der Waals surface area contributed by atoms with Crippen molar-refractivity contribution in [3.8, 4) is 17.2 Å². The summed E-state index contributed by atoms with van der Waals surface area (Å²) in [5, 5.41) is 20.6. The van der Waals surface area contributed by atoms with E-state index in [1.54, 1.807) is 42.5 Å². The first-order valence-electron chi connectivity index (χ1n) is 10.6. The van der Waals surface area contributed by atoms with E-state index in [-0.39, 0.29) is 20.0 Å². The summed E-state index contributed by atoms with van der Waals surface area (Å²) in [6, 6.07) is 11.9. The van der Waals surface area contributed by atoms with Crippen molar-refractivity contribution in [2.45, 2.75) is 25.0 Å². The summed E-state index contributed by atoms with van der Waals surface area (Å²) in [4.78, 5) is 23.6. The van der Waals surface area contributed by atoms with Gasteiger partial charge in [0.2, 0.25) is 6.79 Å². The quantitative estimate of drug-likeness (QED) is 0.396. The Balaban J connectivity index is 1.80. The van der Waals surface area contributed by atoms with E-state index >= 15 is 0 Å². The molecule has 3 rings (SSSR count). The molecule has 3 N–H and O–H groups in total. The molecule has 2 aromatic carbocycles. The number of para-hydroxylation sites is 1. The number of methoxy groups -OCH3 is 1. The number of amides is 1. The molecule has 2 atom stereocenters. The number of carboxylic acids is 1. The highest BCUT2D eigenvalue weighted by atomic mass is 16.7. The molecule has 0 unspecified atom stereocenters. The number of carbonyl (C=O) groups excluding carboxylic acids is 1. The van der Waals surface area contributed by atoms with E-state index in [9.17, 15) is 9.59 Å². The van der Waals surface area contributed by atoms with E-state index in [0.29, 0.717) is 41.3 Å². The number of carbonyl (C=O) groups is 2. The number of ether oxygens (including phenoxy) is 5. The fourth-order valence-corrected chi connectivity index (χ4v) is 3.42. The number of aliphatic carboxylic acids is 1. The highest BCUT2D eigenvalue weighted by molar-refractivity contribution is 5.85. The zero-order valence-corrected chi connectivity index (χ0v) is 18.6. The highest BCUT2D eigenvalue weighted by Crippen LogP contribution is 2.36. The normalized spacial score (nSPS) is 13.9. The van der Waals surface area contributed by atoms with Crippen molar-refractivity contribution in [3.63, 3.8) is 0 Å². The maximum atomic E-state index is 12.8. The van der Waals surface area contributed by atoms with Crippen molar-refractivity contribution in [3.05, 3.63) is 60.2 Å². The Kier molecular flexibility index (Phi) is 9.12. The Labute approximate surface area is 196 Å². The minimum atomic E-state index is -1.05. The van der Waals surface area contributed by atoms with Crippen LogP contribution >= 0.6 is 0 Å². The summed E-state index contributed by atoms with van der Waals surface area (Å²) in [5.41, 5.74) is 1.00. The van der Waals surface area contributed by atoms with Gasteiger partial charge in [-0.05, 0) is 31.0 Å². The average Bonchev–Trinajstić information content (AvgIpc) is 3.30. The Morgan fingerprint density at radius 3 is 2.74 bits per heavy atom. The van der Waals surface area contributed by atoms with Gasteiger partial charge < -0.3 is 33.9 Å². The molecule has 182 valence electrons. The predicted octanol–water partition coefficient (Wildman–Crippen LogP) is 3.51. The van der Waals surface area contributed by atoms with Crippen molar-refractivity contribution in [1.82, 2.24) is 0 Å². The summed E-state index contributed by atoms with van der Waals surface area (Å²) in [6.45, 7) is -0.00789. The van der Waals surface area contributed by atoms with Crippen LogP contribution in [-0.4, -0.2) is 55.5 Å². The van der Waals surface area contributed by atoms with Crippen LogP contribution in [0.5, 0.6) is 17.2 Å². The molecule has 0 saturated carbocycles. The molecule has 10 nitrogen and oxygen atoms in total. The van der Waals surface area contributed by atoms with E-state index in [2.05, 4.69) is 5.32 Å². The van der Waals surface area contributed by atoms with E-state index in [1.807, 2.05) is 0 Å². The van der Waals surface area contributed by atoms with E-state index in [0.717, 1.165) is 6.08 Å². The van der Waals surface area contributed by atoms with Gasteiger partial charge in [0.05, 0.1) is 12.7 Å². The molecule has 34 heavy (non-hydrogen) atoms. The number of nitrogens with one attached hydrogen (secondary N) is 1. The number of carboxylic acid groups (broad SMARTS) is 1. The second-order valence-corrected chi connectivity index (χ2v) is 7.22. The molecule has 2 aromatic rings. The average molecular weight is 473 g/mol. The summed E-state index contributed by atoms with van der Waals surface area (Å²) < 4.78 is 27.6. The molecule has 10 heteroatoms. The lowest BCUT2D eigenvalue weighted by atomic mass is 9.99. The fourth-order valence-electron chi connectivity index (χ4n) is 3.42. The minimum absolute atomic E-state index is 0.0616. The van der Waals surface area contributed by atoms with E-state index in [4.69, 9.17) is 33.9 Å². The Hall–Kier alpha value is -3.76. The monoisotopic (exact) mass is 473 g/mol. The minimum Gasteiger partial charge on any atom is -0.491 e. The van der Waals surface area contributed by atoms with E-state index in [1.165, 1.54) is 13.2 Å². The van der Waals surface area contributed by atoms with Crippen LogP contribution in [0.1, 0.15) is 24.5 Å². The number of anilines is 1. The highest BCUT2D eigenvalue weighted by Gasteiger charge is 2.30. The molecule has 1 amide bonds. The molecule has 0 bridgehead atoms. The molecule has 0 spiro atoms. The van der Waals surface area contributed by atoms with Crippen LogP contribution in [0, 0.1) is 0 Å². The summed E-state index contributed by atoms with van der Waals surface area (Å²) in [6.07, 6.45) is 1.08. The van der Waals surface area contributed by atoms with Gasteiger partial charge in [-0.25, -0.2) is 9.59 Å². The third-order valence-electron chi connectivity index (χ3n) is 4.95. The standard InChI is InChI=1S/C24H27NO9/c1-30-20(8-4-5-9-22(27)28)23(17-6-2-3-7-18(17)31-13-12-26)34-24(29)25-16-10-11-19-21(14-16)33-15-32-19/h2-3,5-7,9-11,14,20,23,26H,4,8,12-13,15H2,1H3,(H,25,29)(H,27,28)/b9-5+/t20-,23-/m1/s1. The maximum Gasteiger partial charge on any atom is 0.412 e. The number of hydrogen-bond donors (Lipinski definition) is 3. The van der Waals surface area contributed by atoms with E-state index < -0.39 is 24.3 Å². The molecule has 1 aliphatic rings. The van der Waals surface area contributed by atoms with Gasteiger partial charge in [-0.1, -0.05) is 24.3 Å². The molecular weight excluding hydrogens is 446 g/mol. The third kappa shape index (κ3) is 6.87. The zero-order chi connectivity index (χ0) is 24.3. The van der Waals surface area contributed by atoms with Crippen LogP contribution in [0.25, 0.3) is 0 Å². The molecular formula is C24H27NO9. The molecule has 1 heterocycles. The number of aliphatic hydroxyl groups excluding tert-OH is 1. The molecule has 0 aromatic heterocycles. The van der Waals surface area contributed by atoms with Gasteiger partial charge in [-0.2, -0.15) is 0 Å². The third-order valence-corrected chi connectivity index (χ3v) is 4.95. The molecule has 0 fully saturated rings. The first-order valence-corrected chi connectivity index (χ1v) is 10.6. The summed E-state index contributed by atoms with van der Waals surface area (Å²) >= 11 is 0. The molecule has 1 aliphatic heterocycles. The van der Waals surface area contributed by atoms with Crippen molar-refractivity contribution in [2.75, 3.05) is 32.4 Å². The number of allylic oxidation sites excluding steroid dienone is 1. The van der Waals surface area contributed by atoms with Crippen LogP contribution in [0.4, 0.5) is 10.5 Å². The zero-order valence-electron chi connectivity index (χ0n) is 18.6. The number of hydrogen-bond acceptors (Lipinski definition) is 8. The van der Waals surface area contributed by atoms with Gasteiger partial charge in [0.1, 0.15) is 12.4 Å². The Morgan fingerprint density at radius 1 is 1.18 bits per heavy atom. The van der Waals surface area contributed by atoms with Gasteiger partial charge in [0.15, 0.2) is 17.6 Å². The predicted molar refractivity (Wildman–Crippen MR) is 121 cm³/mol. The van der Waals surface area contributed by atoms with Gasteiger partial charge >= 0.3 is 12.1 Å². The fraction of sp³-hybridized carbons (Fsp3) is 0.333. The van der Waals surface area contributed by atoms with Gasteiger partial charge in [-0.3, -0.25) is 5.32 Å². The largest absolute Gasteiger partial charge is 0.491 e. The van der Waals surface area contributed by atoms with Gasteiger partial charge in [-0.15, -0.1) is 0 Å². The lowest BCUT2D eigenvalue weighted by Gasteiger charge is -2.27. The lowest BCUT2D eigenvalue weighted by Crippen LogP contribution is -2.28. The lowest BCUT2D eigenvalue weighted by molar-refractivity contribution is -0.131. The number of aliphatic hydroxyl groups is 1. The molecule has 0 radical (unpaired) electrons. The first kappa shape index (κ1) is 24.9. The van der Waals surface area contributed by atoms with Crippen molar-refractivity contribution >= 4 is 17.7 Å². The molecule has 0 saturated heterocycles. The SMILES string of the molecule is CO[C@H](CC/C=C/C(=O)O)[C@H](OC(=O)Nc1ccc2c(c1)OCO2)c1ccccc1OCCO.